The molecular formula is C11H17ClN2O. The first-order valence-corrected chi connectivity index (χ1v) is 5.93. The molecule has 0 aromatic carbocycles. The fourth-order valence-electron chi connectivity index (χ4n) is 2.13. The highest BCUT2D eigenvalue weighted by Crippen LogP contribution is 2.28. The molecule has 0 atom stereocenters. The molecule has 0 saturated carbocycles. The van der Waals surface area contributed by atoms with Crippen LogP contribution in [0.1, 0.15) is 37.1 Å². The summed E-state index contributed by atoms with van der Waals surface area (Å²) >= 11 is 6.32. The monoisotopic (exact) mass is 228 g/mol. The highest BCUT2D eigenvalue weighted by Gasteiger charge is 2.21. The number of hydrogen-bond donors (Lipinski definition) is 0. The van der Waals surface area contributed by atoms with E-state index in [1.807, 2.05) is 11.6 Å². The first kappa shape index (κ1) is 11.0. The molecule has 2 rings (SSSR count). The summed E-state index contributed by atoms with van der Waals surface area (Å²) in [6.07, 6.45) is 2.99. The average molecular weight is 229 g/mol. The highest BCUT2D eigenvalue weighted by atomic mass is 35.5. The van der Waals surface area contributed by atoms with Gasteiger partial charge in [-0.15, -0.1) is 0 Å². The van der Waals surface area contributed by atoms with Gasteiger partial charge in [-0.05, 0) is 26.2 Å². The van der Waals surface area contributed by atoms with Gasteiger partial charge < -0.3 is 4.74 Å². The zero-order valence-corrected chi connectivity index (χ0v) is 10.0. The molecule has 1 saturated heterocycles. The van der Waals surface area contributed by atoms with Gasteiger partial charge in [-0.25, -0.2) is 0 Å². The van der Waals surface area contributed by atoms with E-state index in [1.54, 1.807) is 0 Å². The van der Waals surface area contributed by atoms with Crippen LogP contribution in [0.15, 0.2) is 0 Å². The van der Waals surface area contributed by atoms with E-state index in [0.717, 1.165) is 43.3 Å². The van der Waals surface area contributed by atoms with Crippen molar-refractivity contribution in [3.8, 4) is 0 Å². The Morgan fingerprint density at radius 2 is 2.13 bits per heavy atom. The Hall–Kier alpha value is -0.540. The molecule has 1 aliphatic heterocycles. The van der Waals surface area contributed by atoms with Gasteiger partial charge >= 0.3 is 0 Å². The Labute approximate surface area is 95.4 Å². The van der Waals surface area contributed by atoms with Crippen LogP contribution in [0.2, 0.25) is 5.15 Å². The van der Waals surface area contributed by atoms with Crippen LogP contribution >= 0.6 is 11.6 Å². The summed E-state index contributed by atoms with van der Waals surface area (Å²) in [5, 5.41) is 5.36. The summed E-state index contributed by atoms with van der Waals surface area (Å²) in [5.41, 5.74) is 2.25. The van der Waals surface area contributed by atoms with E-state index in [4.69, 9.17) is 16.3 Å². The number of hydrogen-bond acceptors (Lipinski definition) is 2. The smallest absolute Gasteiger partial charge is 0.130 e. The third kappa shape index (κ3) is 2.04. The van der Waals surface area contributed by atoms with E-state index in [0.29, 0.717) is 6.04 Å². The fourth-order valence-corrected chi connectivity index (χ4v) is 2.57. The van der Waals surface area contributed by atoms with E-state index >= 15 is 0 Å². The van der Waals surface area contributed by atoms with Crippen LogP contribution in [0, 0.1) is 6.92 Å². The van der Waals surface area contributed by atoms with Crippen LogP contribution in [0.5, 0.6) is 0 Å². The second kappa shape index (κ2) is 4.54. The maximum Gasteiger partial charge on any atom is 0.130 e. The Morgan fingerprint density at radius 3 is 2.67 bits per heavy atom. The number of halogens is 1. The predicted octanol–water partition coefficient (Wildman–Crippen LogP) is 2.76. The van der Waals surface area contributed by atoms with E-state index < -0.39 is 0 Å². The standard InChI is InChI=1S/C11H17ClN2O/c1-3-10-8(2)13-14(11(10)12)9-4-6-15-7-5-9/h9H,3-7H2,1-2H3. The van der Waals surface area contributed by atoms with Gasteiger partial charge in [0.05, 0.1) is 11.7 Å². The van der Waals surface area contributed by atoms with Gasteiger partial charge in [-0.1, -0.05) is 18.5 Å². The second-order valence-electron chi connectivity index (χ2n) is 4.00. The number of ether oxygens (including phenoxy) is 1. The molecule has 0 unspecified atom stereocenters. The van der Waals surface area contributed by atoms with Gasteiger partial charge in [-0.3, -0.25) is 4.68 Å². The molecule has 84 valence electrons. The summed E-state index contributed by atoms with van der Waals surface area (Å²) in [7, 11) is 0. The van der Waals surface area contributed by atoms with E-state index in [1.165, 1.54) is 5.56 Å². The SMILES string of the molecule is CCc1c(C)nn(C2CCOCC2)c1Cl. The van der Waals surface area contributed by atoms with E-state index in [-0.39, 0.29) is 0 Å². The van der Waals surface area contributed by atoms with Crippen LogP contribution in [0.3, 0.4) is 0 Å². The number of nitrogens with zero attached hydrogens (tertiary/aromatic N) is 2. The largest absolute Gasteiger partial charge is 0.381 e. The molecule has 2 heterocycles. The molecule has 1 aromatic rings. The lowest BCUT2D eigenvalue weighted by atomic mass is 10.1. The summed E-state index contributed by atoms with van der Waals surface area (Å²) in [6.45, 7) is 5.79. The molecule has 1 fully saturated rings. The predicted molar refractivity (Wildman–Crippen MR) is 60.4 cm³/mol. The normalized spacial score (nSPS) is 18.3. The molecular weight excluding hydrogens is 212 g/mol. The van der Waals surface area contributed by atoms with Crippen LogP contribution < -0.4 is 0 Å². The van der Waals surface area contributed by atoms with E-state index in [2.05, 4.69) is 12.0 Å². The molecule has 0 aliphatic carbocycles. The number of rotatable bonds is 2. The Kier molecular flexibility index (Phi) is 3.32. The van der Waals surface area contributed by atoms with Crippen molar-refractivity contribution in [2.75, 3.05) is 13.2 Å². The third-order valence-electron chi connectivity index (χ3n) is 3.03. The third-order valence-corrected chi connectivity index (χ3v) is 3.44. The maximum absolute atomic E-state index is 6.32. The zero-order valence-electron chi connectivity index (χ0n) is 9.29. The van der Waals surface area contributed by atoms with Gasteiger partial charge in [0.25, 0.3) is 0 Å². The molecule has 0 amide bonds. The molecule has 0 bridgehead atoms. The van der Waals surface area contributed by atoms with Crippen molar-refractivity contribution in [3.63, 3.8) is 0 Å². The molecule has 4 heteroatoms. The first-order valence-electron chi connectivity index (χ1n) is 5.55. The maximum atomic E-state index is 6.32. The Morgan fingerprint density at radius 1 is 1.47 bits per heavy atom. The van der Waals surface area contributed by atoms with Crippen molar-refractivity contribution in [2.45, 2.75) is 39.2 Å². The minimum absolute atomic E-state index is 0.422. The van der Waals surface area contributed by atoms with Crippen molar-refractivity contribution in [2.24, 2.45) is 0 Å². The molecule has 3 nitrogen and oxygen atoms in total. The Bertz CT molecular complexity index is 343. The quantitative estimate of drug-likeness (QED) is 0.779. The summed E-state index contributed by atoms with van der Waals surface area (Å²) in [4.78, 5) is 0. The van der Waals surface area contributed by atoms with Crippen LogP contribution in [-0.2, 0) is 11.2 Å². The molecule has 0 spiro atoms. The molecule has 0 radical (unpaired) electrons. The second-order valence-corrected chi connectivity index (χ2v) is 4.35. The minimum atomic E-state index is 0.422. The topological polar surface area (TPSA) is 27.1 Å². The van der Waals surface area contributed by atoms with Crippen LogP contribution in [0.4, 0.5) is 0 Å². The summed E-state index contributed by atoms with van der Waals surface area (Å²) in [5.74, 6) is 0. The lowest BCUT2D eigenvalue weighted by Gasteiger charge is -2.23. The number of aryl methyl sites for hydroxylation is 1. The summed E-state index contributed by atoms with van der Waals surface area (Å²) in [6, 6.07) is 0.422. The lowest BCUT2D eigenvalue weighted by molar-refractivity contribution is 0.0662. The first-order chi connectivity index (χ1) is 7.24. The van der Waals surface area contributed by atoms with Crippen molar-refractivity contribution >= 4 is 11.6 Å². The van der Waals surface area contributed by atoms with Crippen LogP contribution in [-0.4, -0.2) is 23.0 Å². The van der Waals surface area contributed by atoms with Crippen LogP contribution in [0.25, 0.3) is 0 Å². The van der Waals surface area contributed by atoms with Gasteiger partial charge in [0.2, 0.25) is 0 Å². The van der Waals surface area contributed by atoms with Crippen molar-refractivity contribution in [3.05, 3.63) is 16.4 Å². The molecule has 1 aliphatic rings. The number of aromatic nitrogens is 2. The van der Waals surface area contributed by atoms with Crippen molar-refractivity contribution in [1.82, 2.24) is 9.78 Å². The van der Waals surface area contributed by atoms with Gasteiger partial charge in [-0.2, -0.15) is 5.10 Å². The van der Waals surface area contributed by atoms with Gasteiger partial charge in [0.1, 0.15) is 5.15 Å². The van der Waals surface area contributed by atoms with Crippen molar-refractivity contribution < 1.29 is 4.74 Å². The Balaban J connectivity index is 2.27. The molecule has 0 N–H and O–H groups in total. The van der Waals surface area contributed by atoms with Crippen molar-refractivity contribution in [1.29, 1.82) is 0 Å². The molecule has 1 aromatic heterocycles. The van der Waals surface area contributed by atoms with E-state index in [9.17, 15) is 0 Å². The van der Waals surface area contributed by atoms with Gasteiger partial charge in [0, 0.05) is 18.8 Å². The zero-order chi connectivity index (χ0) is 10.8. The minimum Gasteiger partial charge on any atom is -0.381 e. The molecule has 15 heavy (non-hydrogen) atoms. The van der Waals surface area contributed by atoms with Gasteiger partial charge in [0.15, 0.2) is 0 Å². The lowest BCUT2D eigenvalue weighted by Crippen LogP contribution is -2.20. The average Bonchev–Trinajstić information content (AvgIpc) is 2.55. The summed E-state index contributed by atoms with van der Waals surface area (Å²) < 4.78 is 7.32. The highest BCUT2D eigenvalue weighted by molar-refractivity contribution is 6.30. The fraction of sp³-hybridized carbons (Fsp3) is 0.727.